The van der Waals surface area contributed by atoms with Crippen molar-refractivity contribution in [2.24, 2.45) is 0 Å². The average molecular weight is 488 g/mol. The second kappa shape index (κ2) is 9.06. The molecule has 180 valence electrons. The Morgan fingerprint density at radius 3 is 2.76 bits per heavy atom. The Labute approximate surface area is 198 Å². The second-order valence-electron chi connectivity index (χ2n) is 8.71. The zero-order valence-electron chi connectivity index (χ0n) is 18.4. The van der Waals surface area contributed by atoms with Crippen LogP contribution in [0.15, 0.2) is 29.4 Å². The molecule has 0 bridgehead atoms. The fourth-order valence-corrected chi connectivity index (χ4v) is 5.08. The molecule has 0 aliphatic heterocycles. The number of benzene rings is 1. The van der Waals surface area contributed by atoms with Gasteiger partial charge in [0.25, 0.3) is 5.69 Å². The topological polar surface area (TPSA) is 172 Å². The number of thioether (sulfide) groups is 1. The van der Waals surface area contributed by atoms with Crippen LogP contribution in [0, 0.1) is 10.1 Å². The first-order chi connectivity index (χ1) is 16.4. The molecule has 0 saturated heterocycles. The van der Waals surface area contributed by atoms with Crippen LogP contribution in [0.1, 0.15) is 43.7 Å². The van der Waals surface area contributed by atoms with Gasteiger partial charge in [-0.15, -0.1) is 5.10 Å². The Morgan fingerprint density at radius 2 is 2.06 bits per heavy atom. The van der Waals surface area contributed by atoms with E-state index >= 15 is 0 Å². The quantitative estimate of drug-likeness (QED) is 0.157. The van der Waals surface area contributed by atoms with Gasteiger partial charge >= 0.3 is 0 Å². The number of nitrogens with zero attached hydrogens (tertiary/aromatic N) is 6. The first kappa shape index (κ1) is 22.9. The Hall–Kier alpha value is -2.87. The summed E-state index contributed by atoms with van der Waals surface area (Å²) in [6.07, 6.45) is -1.67. The van der Waals surface area contributed by atoms with Crippen molar-refractivity contribution >= 4 is 34.4 Å². The maximum absolute atomic E-state index is 11.1. The van der Waals surface area contributed by atoms with Crippen molar-refractivity contribution in [1.29, 1.82) is 0 Å². The number of anilines is 1. The van der Waals surface area contributed by atoms with Crippen molar-refractivity contribution in [3.05, 3.63) is 39.9 Å². The van der Waals surface area contributed by atoms with Gasteiger partial charge in [-0.05, 0) is 18.4 Å². The highest BCUT2D eigenvalue weighted by atomic mass is 32.2. The zero-order valence-corrected chi connectivity index (χ0v) is 19.2. The molecule has 0 radical (unpaired) electrons. The fraction of sp³-hybridized carbons (Fsp3) is 0.524. The molecule has 2 aliphatic carbocycles. The minimum Gasteiger partial charge on any atom is -0.390 e. The third-order valence-corrected chi connectivity index (χ3v) is 7.35. The van der Waals surface area contributed by atoms with E-state index in [0.29, 0.717) is 22.1 Å². The van der Waals surface area contributed by atoms with Gasteiger partial charge in [-0.3, -0.25) is 10.1 Å². The first-order valence-corrected chi connectivity index (χ1v) is 12.2. The molecular weight excluding hydrogens is 462 g/mol. The van der Waals surface area contributed by atoms with Crippen molar-refractivity contribution in [3.63, 3.8) is 0 Å². The van der Waals surface area contributed by atoms with E-state index in [4.69, 9.17) is 0 Å². The zero-order chi connectivity index (χ0) is 24.0. The van der Waals surface area contributed by atoms with Gasteiger partial charge in [-0.25, -0.2) is 14.6 Å². The van der Waals surface area contributed by atoms with Crippen molar-refractivity contribution in [1.82, 2.24) is 25.0 Å². The predicted molar refractivity (Wildman–Crippen MR) is 124 cm³/mol. The van der Waals surface area contributed by atoms with Crippen LogP contribution in [-0.2, 0) is 0 Å². The Bertz CT molecular complexity index is 1220. The summed E-state index contributed by atoms with van der Waals surface area (Å²) in [4.78, 5) is 20.0. The molecule has 6 atom stereocenters. The number of non-ortho nitro benzene ring substituents is 1. The molecule has 12 nitrogen and oxygen atoms in total. The van der Waals surface area contributed by atoms with Gasteiger partial charge in [-0.1, -0.05) is 36.0 Å². The molecule has 6 unspecified atom stereocenters. The smallest absolute Gasteiger partial charge is 0.269 e. The molecule has 5 rings (SSSR count). The van der Waals surface area contributed by atoms with E-state index in [0.717, 1.165) is 24.2 Å². The van der Waals surface area contributed by atoms with Gasteiger partial charge in [-0.2, -0.15) is 0 Å². The maximum atomic E-state index is 11.1. The molecule has 0 amide bonds. The second-order valence-corrected chi connectivity index (χ2v) is 9.77. The molecule has 3 aromatic rings. The number of nitro groups is 1. The summed E-state index contributed by atoms with van der Waals surface area (Å²) in [5, 5.41) is 53.8. The normalized spacial score (nSPS) is 28.4. The van der Waals surface area contributed by atoms with E-state index in [9.17, 15) is 25.4 Å². The van der Waals surface area contributed by atoms with Gasteiger partial charge < -0.3 is 20.6 Å². The fourth-order valence-electron chi connectivity index (χ4n) is 4.39. The maximum Gasteiger partial charge on any atom is 0.269 e. The third-order valence-electron chi connectivity index (χ3n) is 6.30. The minimum absolute atomic E-state index is 0.0231. The number of hydrogen-bond acceptors (Lipinski definition) is 11. The number of hydrogen-bond donors (Lipinski definition) is 4. The van der Waals surface area contributed by atoms with Crippen LogP contribution in [0.5, 0.6) is 0 Å². The Kier molecular flexibility index (Phi) is 6.10. The van der Waals surface area contributed by atoms with Crippen LogP contribution in [-0.4, -0.2) is 75.3 Å². The number of aliphatic hydroxyl groups is 3. The van der Waals surface area contributed by atoms with Crippen LogP contribution in [0.2, 0.25) is 0 Å². The van der Waals surface area contributed by atoms with Crippen LogP contribution >= 0.6 is 11.8 Å². The lowest BCUT2D eigenvalue weighted by Crippen LogP contribution is -2.31. The molecule has 2 aliphatic rings. The number of fused-ring (bicyclic) bond motifs is 1. The van der Waals surface area contributed by atoms with Crippen LogP contribution < -0.4 is 5.32 Å². The lowest BCUT2D eigenvalue weighted by molar-refractivity contribution is -0.384. The van der Waals surface area contributed by atoms with Gasteiger partial charge in [0.05, 0.1) is 17.1 Å². The summed E-state index contributed by atoms with van der Waals surface area (Å²) in [5.74, 6) is 1.42. The third kappa shape index (κ3) is 4.19. The van der Waals surface area contributed by atoms with Gasteiger partial charge in [0.15, 0.2) is 22.1 Å². The van der Waals surface area contributed by atoms with Crippen LogP contribution in [0.25, 0.3) is 11.2 Å². The molecule has 34 heavy (non-hydrogen) atoms. The van der Waals surface area contributed by atoms with Crippen molar-refractivity contribution in [3.8, 4) is 0 Å². The van der Waals surface area contributed by atoms with Crippen molar-refractivity contribution in [2.75, 3.05) is 11.1 Å². The van der Waals surface area contributed by atoms with E-state index in [1.807, 2.05) is 6.07 Å². The number of aromatic nitrogens is 5. The number of nitrogens with one attached hydrogen (secondary N) is 1. The van der Waals surface area contributed by atoms with E-state index in [2.05, 4.69) is 32.5 Å². The largest absolute Gasteiger partial charge is 0.390 e. The summed E-state index contributed by atoms with van der Waals surface area (Å²) in [7, 11) is 0. The Balaban J connectivity index is 1.45. The average Bonchev–Trinajstić information content (AvgIpc) is 3.40. The highest BCUT2D eigenvalue weighted by Gasteiger charge is 2.44. The van der Waals surface area contributed by atoms with Gasteiger partial charge in [0.2, 0.25) is 0 Å². The monoisotopic (exact) mass is 487 g/mol. The molecule has 4 N–H and O–H groups in total. The lowest BCUT2D eigenvalue weighted by atomic mass is 10.1. The molecule has 1 aromatic carbocycles. The van der Waals surface area contributed by atoms with Gasteiger partial charge in [0, 0.05) is 36.3 Å². The molecule has 0 spiro atoms. The number of nitro benzene ring substituents is 1. The van der Waals surface area contributed by atoms with Gasteiger partial charge in [0.1, 0.15) is 12.2 Å². The highest BCUT2D eigenvalue weighted by Crippen LogP contribution is 2.44. The van der Waals surface area contributed by atoms with E-state index < -0.39 is 29.3 Å². The number of aliphatic hydroxyl groups excluding tert-OH is 3. The summed E-state index contributed by atoms with van der Waals surface area (Å²) in [5.41, 5.74) is 1.79. The molecule has 2 heterocycles. The molecule has 2 aromatic heterocycles. The lowest BCUT2D eigenvalue weighted by Gasteiger charge is -2.16. The van der Waals surface area contributed by atoms with Crippen LogP contribution in [0.3, 0.4) is 0 Å². The van der Waals surface area contributed by atoms with Crippen LogP contribution in [0.4, 0.5) is 11.5 Å². The van der Waals surface area contributed by atoms with E-state index in [1.165, 1.54) is 22.5 Å². The predicted octanol–water partition coefficient (Wildman–Crippen LogP) is 1.63. The van der Waals surface area contributed by atoms with E-state index in [1.54, 1.807) is 12.1 Å². The summed E-state index contributed by atoms with van der Waals surface area (Å²) < 4.78 is 1.45. The summed E-state index contributed by atoms with van der Waals surface area (Å²) >= 11 is 1.49. The standard InChI is InChI=1S/C21H25N7O5S/c1-2-6-34-21-23-19(22-13-8-12(13)10-4-3-5-11(7-10)28(32)33)16-20(24-21)27(26-25-16)14-9-15(29)18(31)17(14)30/h3-5,7,12-15,17-18,29-31H,2,6,8-9H2,1H3,(H,22,23,24). The first-order valence-electron chi connectivity index (χ1n) is 11.2. The molecule has 13 heteroatoms. The van der Waals surface area contributed by atoms with Crippen molar-refractivity contribution in [2.45, 2.75) is 67.7 Å². The van der Waals surface area contributed by atoms with Crippen molar-refractivity contribution < 1.29 is 20.2 Å². The highest BCUT2D eigenvalue weighted by molar-refractivity contribution is 7.99. The number of rotatable bonds is 8. The van der Waals surface area contributed by atoms with E-state index in [-0.39, 0.29) is 24.1 Å². The minimum atomic E-state index is -1.26. The summed E-state index contributed by atoms with van der Waals surface area (Å²) in [6, 6.07) is 6.00. The Morgan fingerprint density at radius 1 is 1.24 bits per heavy atom. The molecule has 2 saturated carbocycles. The SMILES string of the molecule is CCCSc1nc(NC2CC2c2cccc([N+](=O)[O-])c2)c2nnn(C3CC(O)C(O)C3O)c2n1. The molecular formula is C21H25N7O5S. The molecule has 2 fully saturated rings. The summed E-state index contributed by atoms with van der Waals surface area (Å²) in [6.45, 7) is 2.06.